The molecule has 0 N–H and O–H groups in total. The highest BCUT2D eigenvalue weighted by atomic mass is 31.1. The van der Waals surface area contributed by atoms with E-state index in [0.29, 0.717) is 5.82 Å². The molecule has 0 saturated heterocycles. The molecule has 5 aromatic rings. The second-order valence-electron chi connectivity index (χ2n) is 9.64. The third-order valence-corrected chi connectivity index (χ3v) is 10.4. The minimum Gasteiger partial charge on any atom is -0.322 e. The van der Waals surface area contributed by atoms with Crippen molar-refractivity contribution in [1.29, 1.82) is 0 Å². The summed E-state index contributed by atoms with van der Waals surface area (Å²) >= 11 is 0. The minimum atomic E-state index is -1.74. The Balaban J connectivity index is 1.67. The summed E-state index contributed by atoms with van der Waals surface area (Å²) in [5.41, 5.74) is 6.18. The lowest BCUT2D eigenvalue weighted by Crippen LogP contribution is -2.00. The van der Waals surface area contributed by atoms with E-state index in [1.165, 1.54) is 16.2 Å². The highest BCUT2D eigenvalue weighted by Crippen LogP contribution is 2.33. The second kappa shape index (κ2) is 11.0. The van der Waals surface area contributed by atoms with Gasteiger partial charge in [0.15, 0.2) is 5.82 Å². The first-order valence-electron chi connectivity index (χ1n) is 12.3. The van der Waals surface area contributed by atoms with Crippen molar-refractivity contribution < 1.29 is 4.57 Å². The van der Waals surface area contributed by atoms with Crippen LogP contribution in [0.1, 0.15) is 0 Å². The van der Waals surface area contributed by atoms with Crippen LogP contribution in [-0.4, -0.2) is 43.3 Å². The fourth-order valence-corrected chi connectivity index (χ4v) is 6.51. The van der Waals surface area contributed by atoms with Crippen LogP contribution >= 0.6 is 23.6 Å². The smallest absolute Gasteiger partial charge is 0.160 e. The van der Waals surface area contributed by atoms with Crippen LogP contribution in [0.5, 0.6) is 0 Å². The van der Waals surface area contributed by atoms with E-state index in [1.807, 2.05) is 24.3 Å². The van der Waals surface area contributed by atoms with E-state index < -0.39 is 7.80 Å². The molecule has 0 amide bonds. The summed E-state index contributed by atoms with van der Waals surface area (Å²) in [6.45, 7) is 10.9. The summed E-state index contributed by atoms with van der Waals surface area (Å²) < 4.78 is 12.0. The van der Waals surface area contributed by atoms with Gasteiger partial charge in [-0.3, -0.25) is 0 Å². The van der Waals surface area contributed by atoms with Crippen molar-refractivity contribution in [2.45, 2.75) is 0 Å². The van der Waals surface area contributed by atoms with E-state index in [4.69, 9.17) is 9.97 Å². The van der Waals surface area contributed by atoms with E-state index in [1.54, 1.807) is 6.66 Å². The minimum absolute atomic E-state index is 0.116. The largest absolute Gasteiger partial charge is 0.322 e. The maximum Gasteiger partial charge on any atom is 0.160 e. The van der Waals surface area contributed by atoms with Gasteiger partial charge in [-0.15, -0.1) is 0 Å². The Kier molecular flexibility index (Phi) is 7.69. The second-order valence-corrected chi connectivity index (χ2v) is 15.9. The normalized spacial score (nSPS) is 12.4. The van der Waals surface area contributed by atoms with Crippen LogP contribution in [0.25, 0.3) is 44.7 Å². The molecule has 4 aromatic carbocycles. The molecule has 186 valence electrons. The van der Waals surface area contributed by atoms with Crippen molar-refractivity contribution in [1.82, 2.24) is 9.97 Å². The zero-order valence-electron chi connectivity index (χ0n) is 21.9. The molecule has 1 heterocycles. The summed E-state index contributed by atoms with van der Waals surface area (Å²) in [6.07, 6.45) is 0. The number of benzene rings is 4. The summed E-state index contributed by atoms with van der Waals surface area (Å²) in [5.74, 6) is 0.678. The van der Waals surface area contributed by atoms with E-state index in [2.05, 4.69) is 93.4 Å². The van der Waals surface area contributed by atoms with Crippen molar-refractivity contribution in [3.8, 4) is 33.8 Å². The number of hydrogen-bond acceptors (Lipinski definition) is 3. The number of rotatable bonds is 6. The maximum atomic E-state index is 12.0. The van der Waals surface area contributed by atoms with Crippen LogP contribution in [0.15, 0.2) is 91.0 Å². The average molecular weight is 541 g/mol. The molecule has 1 atom stereocenters. The first kappa shape index (κ1) is 25.9. The quantitative estimate of drug-likeness (QED) is 0.214. The molecule has 0 aliphatic rings. The molecule has 1 aromatic heterocycles. The lowest BCUT2D eigenvalue weighted by Gasteiger charge is -2.13. The Bertz CT molecular complexity index is 1580. The first-order chi connectivity index (χ1) is 17.8. The van der Waals surface area contributed by atoms with Gasteiger partial charge >= 0.3 is 0 Å². The number of aromatic nitrogens is 2. The van der Waals surface area contributed by atoms with Crippen molar-refractivity contribution in [2.24, 2.45) is 0 Å². The summed E-state index contributed by atoms with van der Waals surface area (Å²) in [4.78, 5) is 10.1. The average Bonchev–Trinajstić information content (AvgIpc) is 2.92. The molecule has 5 rings (SSSR count). The van der Waals surface area contributed by atoms with E-state index in [-0.39, 0.29) is 15.8 Å². The molecule has 6 heteroatoms. The van der Waals surface area contributed by atoms with Gasteiger partial charge in [-0.2, -0.15) is 0 Å². The molecule has 0 aliphatic heterocycles. The van der Waals surface area contributed by atoms with Crippen LogP contribution < -0.4 is 15.9 Å². The Morgan fingerprint density at radius 3 is 1.65 bits per heavy atom. The van der Waals surface area contributed by atoms with Gasteiger partial charge in [0.25, 0.3) is 0 Å². The van der Waals surface area contributed by atoms with E-state index in [9.17, 15) is 4.57 Å². The summed E-state index contributed by atoms with van der Waals surface area (Å²) in [7, 11) is -2.01. The highest BCUT2D eigenvalue weighted by molar-refractivity contribution is 7.64. The number of fused-ring (bicyclic) bond motifs is 1. The molecule has 37 heavy (non-hydrogen) atoms. The Hall–Kier alpha value is -2.69. The zero-order valence-corrected chi connectivity index (χ0v) is 24.6. The topological polar surface area (TPSA) is 42.9 Å². The monoisotopic (exact) mass is 540 g/mol. The third-order valence-electron chi connectivity index (χ3n) is 6.62. The van der Waals surface area contributed by atoms with Crippen molar-refractivity contribution in [3.05, 3.63) is 91.0 Å². The molecular weight excluding hydrogens is 509 g/mol. The summed E-state index contributed by atoms with van der Waals surface area (Å²) in [5, 5.41) is 4.68. The highest BCUT2D eigenvalue weighted by Gasteiger charge is 2.14. The van der Waals surface area contributed by atoms with Crippen LogP contribution in [0.3, 0.4) is 0 Å². The van der Waals surface area contributed by atoms with Gasteiger partial charge in [-0.1, -0.05) is 94.7 Å². The van der Waals surface area contributed by atoms with Gasteiger partial charge in [0.2, 0.25) is 0 Å². The van der Waals surface area contributed by atoms with Gasteiger partial charge in [0, 0.05) is 21.8 Å². The predicted octanol–water partition coefficient (Wildman–Crippen LogP) is 7.18. The van der Waals surface area contributed by atoms with Crippen LogP contribution in [0.2, 0.25) is 0 Å². The SMILES string of the molecule is CP(C)c1ccc(-c2ccc3c(-c4ccc(P(C)C)cc4)nc(-c4ccc([PH](C)=O)cc4)nc3c2)cc1. The Morgan fingerprint density at radius 1 is 0.595 bits per heavy atom. The number of nitrogens with zero attached hydrogens (tertiary/aromatic N) is 2. The van der Waals surface area contributed by atoms with Gasteiger partial charge in [0.05, 0.1) is 11.2 Å². The molecule has 3 nitrogen and oxygen atoms in total. The standard InChI is InChI=1S/C31H31N2OP3/c1-35(2)25-13-6-21(7-14-25)24-12-19-28-29(20-24)32-31(23-10-17-27(18-11-23)37(5)34)33-30(28)22-8-15-26(16-9-22)36(3)4/h6-20,37H,1-5H3. The van der Waals surface area contributed by atoms with E-state index in [0.717, 1.165) is 38.6 Å². The van der Waals surface area contributed by atoms with Gasteiger partial charge in [-0.25, -0.2) is 9.97 Å². The molecular formula is C31H31N2OP3. The molecule has 0 aliphatic carbocycles. The van der Waals surface area contributed by atoms with Gasteiger partial charge in [-0.05, 0) is 67.2 Å². The van der Waals surface area contributed by atoms with Gasteiger partial charge < -0.3 is 4.57 Å². The first-order valence-corrected chi connectivity index (χ1v) is 18.7. The molecule has 0 radical (unpaired) electrons. The Morgan fingerprint density at radius 2 is 1.11 bits per heavy atom. The van der Waals surface area contributed by atoms with Crippen LogP contribution in [0.4, 0.5) is 0 Å². The van der Waals surface area contributed by atoms with Gasteiger partial charge in [0.1, 0.15) is 7.80 Å². The van der Waals surface area contributed by atoms with Crippen molar-refractivity contribution >= 4 is 50.5 Å². The molecule has 0 spiro atoms. The summed E-state index contributed by atoms with van der Waals surface area (Å²) in [6, 6.07) is 32.0. The molecule has 0 fully saturated rings. The molecule has 1 unspecified atom stereocenters. The third kappa shape index (κ3) is 5.61. The fraction of sp³-hybridized carbons (Fsp3) is 0.161. The number of hydrogen-bond donors (Lipinski definition) is 0. The van der Waals surface area contributed by atoms with Crippen molar-refractivity contribution in [3.63, 3.8) is 0 Å². The van der Waals surface area contributed by atoms with E-state index >= 15 is 0 Å². The lowest BCUT2D eigenvalue weighted by molar-refractivity contribution is 0.596. The lowest BCUT2D eigenvalue weighted by atomic mass is 10.0. The fourth-order valence-electron chi connectivity index (χ4n) is 4.38. The molecule has 0 bridgehead atoms. The van der Waals surface area contributed by atoms with Crippen molar-refractivity contribution in [2.75, 3.05) is 33.3 Å². The van der Waals surface area contributed by atoms with Crippen LogP contribution in [0, 0.1) is 0 Å². The predicted molar refractivity (Wildman–Crippen MR) is 167 cm³/mol. The zero-order chi connectivity index (χ0) is 26.1. The van der Waals surface area contributed by atoms with Crippen LogP contribution in [-0.2, 0) is 4.57 Å². The Labute approximate surface area is 222 Å². The maximum absolute atomic E-state index is 12.0. The molecule has 0 saturated carbocycles.